The van der Waals surface area contributed by atoms with Gasteiger partial charge in [-0.05, 0) is 32.5 Å². The molecule has 1 rings (SSSR count). The number of nitrogens with zero attached hydrogens (tertiary/aromatic N) is 1. The van der Waals surface area contributed by atoms with Gasteiger partial charge in [0, 0.05) is 32.4 Å². The summed E-state index contributed by atoms with van der Waals surface area (Å²) in [5, 5.41) is 3.37. The molecule has 18 heavy (non-hydrogen) atoms. The van der Waals surface area contributed by atoms with E-state index in [1.54, 1.807) is 7.11 Å². The predicted octanol–water partition coefficient (Wildman–Crippen LogP) is 2.25. The molecule has 1 aromatic rings. The van der Waals surface area contributed by atoms with Crippen molar-refractivity contribution in [3.63, 3.8) is 0 Å². The Labute approximate surface area is 110 Å². The molecule has 0 saturated carbocycles. The molecule has 0 amide bonds. The number of methoxy groups -OCH3 is 1. The van der Waals surface area contributed by atoms with E-state index < -0.39 is 0 Å². The summed E-state index contributed by atoms with van der Waals surface area (Å²) in [6, 6.07) is 2.13. The highest BCUT2D eigenvalue weighted by Gasteiger charge is 2.05. The second-order valence-corrected chi connectivity index (χ2v) is 4.68. The number of nitrogens with one attached hydrogen (secondary N) is 1. The van der Waals surface area contributed by atoms with Gasteiger partial charge in [-0.3, -0.25) is 4.90 Å². The number of rotatable bonds is 10. The van der Waals surface area contributed by atoms with Crippen LogP contribution < -0.4 is 5.32 Å². The minimum absolute atomic E-state index is 0.814. The van der Waals surface area contributed by atoms with Gasteiger partial charge in [0.15, 0.2) is 0 Å². The molecule has 0 aliphatic heterocycles. The Morgan fingerprint density at radius 2 is 2.28 bits per heavy atom. The molecule has 4 nitrogen and oxygen atoms in total. The lowest BCUT2D eigenvalue weighted by molar-refractivity contribution is 0.176. The van der Waals surface area contributed by atoms with Crippen molar-refractivity contribution >= 4 is 0 Å². The summed E-state index contributed by atoms with van der Waals surface area (Å²) in [5.74, 6) is 1.03. The number of hydrogen-bond donors (Lipinski definition) is 1. The first-order valence-electron chi connectivity index (χ1n) is 6.70. The van der Waals surface area contributed by atoms with Crippen molar-refractivity contribution in [3.8, 4) is 0 Å². The molecule has 104 valence electrons. The third-order valence-corrected chi connectivity index (χ3v) is 2.78. The van der Waals surface area contributed by atoms with E-state index in [1.807, 2.05) is 6.26 Å². The van der Waals surface area contributed by atoms with Crippen molar-refractivity contribution in [3.05, 3.63) is 23.7 Å². The summed E-state index contributed by atoms with van der Waals surface area (Å²) < 4.78 is 10.6. The van der Waals surface area contributed by atoms with Crippen LogP contribution in [-0.4, -0.2) is 38.8 Å². The van der Waals surface area contributed by atoms with Gasteiger partial charge in [-0.15, -0.1) is 0 Å². The molecular weight excluding hydrogens is 228 g/mol. The van der Waals surface area contributed by atoms with Crippen molar-refractivity contribution in [2.75, 3.05) is 33.9 Å². The first-order chi connectivity index (χ1) is 8.76. The molecule has 0 unspecified atom stereocenters. The van der Waals surface area contributed by atoms with E-state index in [9.17, 15) is 0 Å². The lowest BCUT2D eigenvalue weighted by atomic mass is 10.3. The molecule has 0 fully saturated rings. The fraction of sp³-hybridized carbons (Fsp3) is 0.714. The van der Waals surface area contributed by atoms with E-state index in [2.05, 4.69) is 30.3 Å². The van der Waals surface area contributed by atoms with Gasteiger partial charge < -0.3 is 14.5 Å². The van der Waals surface area contributed by atoms with Gasteiger partial charge in [0.25, 0.3) is 0 Å². The SMILES string of the molecule is CCCNCc1coc(CN(C)CCCOC)c1. The number of furan rings is 1. The van der Waals surface area contributed by atoms with Gasteiger partial charge in [-0.2, -0.15) is 0 Å². The topological polar surface area (TPSA) is 37.6 Å². The van der Waals surface area contributed by atoms with E-state index in [-0.39, 0.29) is 0 Å². The summed E-state index contributed by atoms with van der Waals surface area (Å²) in [5.41, 5.74) is 1.23. The van der Waals surface area contributed by atoms with Crippen LogP contribution in [0.5, 0.6) is 0 Å². The molecule has 0 radical (unpaired) electrons. The smallest absolute Gasteiger partial charge is 0.118 e. The molecule has 0 atom stereocenters. The quantitative estimate of drug-likeness (QED) is 0.650. The zero-order chi connectivity index (χ0) is 13.2. The summed E-state index contributed by atoms with van der Waals surface area (Å²) in [6.45, 7) is 6.81. The van der Waals surface area contributed by atoms with Crippen LogP contribution in [0.1, 0.15) is 31.1 Å². The molecule has 0 aromatic carbocycles. The standard InChI is InChI=1S/C14H26N2O2/c1-4-6-15-10-13-9-14(18-12-13)11-16(2)7-5-8-17-3/h9,12,15H,4-8,10-11H2,1-3H3. The molecule has 0 aliphatic rings. The maximum absolute atomic E-state index is 5.56. The van der Waals surface area contributed by atoms with Crippen LogP contribution in [0.15, 0.2) is 16.7 Å². The number of ether oxygens (including phenoxy) is 1. The van der Waals surface area contributed by atoms with Crippen molar-refractivity contribution in [1.29, 1.82) is 0 Å². The van der Waals surface area contributed by atoms with Crippen LogP contribution in [0, 0.1) is 0 Å². The van der Waals surface area contributed by atoms with Crippen LogP contribution in [0.3, 0.4) is 0 Å². The van der Waals surface area contributed by atoms with Crippen LogP contribution in [0.4, 0.5) is 0 Å². The van der Waals surface area contributed by atoms with Gasteiger partial charge in [-0.25, -0.2) is 0 Å². The third-order valence-electron chi connectivity index (χ3n) is 2.78. The van der Waals surface area contributed by atoms with Crippen molar-refractivity contribution in [2.45, 2.75) is 32.9 Å². The van der Waals surface area contributed by atoms with E-state index in [0.29, 0.717) is 0 Å². The predicted molar refractivity (Wildman–Crippen MR) is 73.5 cm³/mol. The summed E-state index contributed by atoms with van der Waals surface area (Å²) >= 11 is 0. The molecule has 1 aromatic heterocycles. The van der Waals surface area contributed by atoms with E-state index in [1.165, 1.54) is 5.56 Å². The van der Waals surface area contributed by atoms with Crippen LogP contribution in [-0.2, 0) is 17.8 Å². The van der Waals surface area contributed by atoms with E-state index in [0.717, 1.165) is 51.4 Å². The minimum Gasteiger partial charge on any atom is -0.468 e. The lowest BCUT2D eigenvalue weighted by Crippen LogP contribution is -2.19. The Kier molecular flexibility index (Phi) is 7.73. The maximum Gasteiger partial charge on any atom is 0.118 e. The first-order valence-corrected chi connectivity index (χ1v) is 6.70. The molecule has 0 saturated heterocycles. The largest absolute Gasteiger partial charge is 0.468 e. The summed E-state index contributed by atoms with van der Waals surface area (Å²) in [6.07, 6.45) is 4.06. The Balaban J connectivity index is 2.25. The average molecular weight is 254 g/mol. The van der Waals surface area contributed by atoms with Crippen LogP contribution >= 0.6 is 0 Å². The van der Waals surface area contributed by atoms with Gasteiger partial charge in [0.1, 0.15) is 5.76 Å². The molecular formula is C14H26N2O2. The zero-order valence-electron chi connectivity index (χ0n) is 11.9. The fourth-order valence-corrected chi connectivity index (χ4v) is 1.84. The molecule has 1 N–H and O–H groups in total. The second kappa shape index (κ2) is 9.14. The van der Waals surface area contributed by atoms with Gasteiger partial charge in [0.2, 0.25) is 0 Å². The maximum atomic E-state index is 5.56. The zero-order valence-corrected chi connectivity index (χ0v) is 11.9. The monoisotopic (exact) mass is 254 g/mol. The normalized spacial score (nSPS) is 11.3. The lowest BCUT2D eigenvalue weighted by Gasteiger charge is -2.14. The number of hydrogen-bond acceptors (Lipinski definition) is 4. The van der Waals surface area contributed by atoms with Crippen LogP contribution in [0.2, 0.25) is 0 Å². The highest BCUT2D eigenvalue weighted by Crippen LogP contribution is 2.10. The molecule has 0 spiro atoms. The van der Waals surface area contributed by atoms with Crippen molar-refractivity contribution < 1.29 is 9.15 Å². The highest BCUT2D eigenvalue weighted by atomic mass is 16.5. The van der Waals surface area contributed by atoms with Crippen molar-refractivity contribution in [1.82, 2.24) is 10.2 Å². The Morgan fingerprint density at radius 3 is 3.00 bits per heavy atom. The highest BCUT2D eigenvalue weighted by molar-refractivity contribution is 5.12. The average Bonchev–Trinajstić information content (AvgIpc) is 2.77. The van der Waals surface area contributed by atoms with Crippen molar-refractivity contribution in [2.24, 2.45) is 0 Å². The fourth-order valence-electron chi connectivity index (χ4n) is 1.84. The van der Waals surface area contributed by atoms with E-state index in [4.69, 9.17) is 9.15 Å². The molecule has 0 bridgehead atoms. The Hall–Kier alpha value is -0.840. The van der Waals surface area contributed by atoms with Gasteiger partial charge in [-0.1, -0.05) is 6.92 Å². The van der Waals surface area contributed by atoms with Gasteiger partial charge >= 0.3 is 0 Å². The van der Waals surface area contributed by atoms with Crippen LogP contribution in [0.25, 0.3) is 0 Å². The Bertz CT molecular complexity index is 312. The first kappa shape index (κ1) is 15.2. The third kappa shape index (κ3) is 6.19. The summed E-state index contributed by atoms with van der Waals surface area (Å²) in [7, 11) is 3.84. The second-order valence-electron chi connectivity index (χ2n) is 4.68. The molecule has 4 heteroatoms. The molecule has 1 heterocycles. The molecule has 0 aliphatic carbocycles. The summed E-state index contributed by atoms with van der Waals surface area (Å²) in [4.78, 5) is 2.25. The van der Waals surface area contributed by atoms with Gasteiger partial charge in [0.05, 0.1) is 12.8 Å². The minimum atomic E-state index is 0.814. The Morgan fingerprint density at radius 1 is 1.44 bits per heavy atom. The van der Waals surface area contributed by atoms with E-state index >= 15 is 0 Å².